The molecule has 1 unspecified atom stereocenters. The SMILES string of the molecule is CC(C)C(C)Oc1ccccc1Nc1ncnc2sccc12. The lowest BCUT2D eigenvalue weighted by Gasteiger charge is -2.20. The Kier molecular flexibility index (Phi) is 4.24. The van der Waals surface area contributed by atoms with E-state index in [4.69, 9.17) is 4.74 Å². The molecule has 1 aromatic carbocycles. The number of rotatable bonds is 5. The molecular formula is C17H19N3OS. The molecule has 0 saturated heterocycles. The summed E-state index contributed by atoms with van der Waals surface area (Å²) in [5.74, 6) is 2.10. The summed E-state index contributed by atoms with van der Waals surface area (Å²) in [4.78, 5) is 9.61. The standard InChI is InChI=1S/C17H19N3OS/c1-11(2)12(3)21-15-7-5-4-6-14(15)20-16-13-8-9-22-17(13)19-10-18-16/h4-12H,1-3H3,(H,18,19,20). The van der Waals surface area contributed by atoms with Gasteiger partial charge in [-0.1, -0.05) is 26.0 Å². The maximum absolute atomic E-state index is 6.07. The van der Waals surface area contributed by atoms with Crippen molar-refractivity contribution in [3.63, 3.8) is 0 Å². The van der Waals surface area contributed by atoms with Crippen molar-refractivity contribution in [2.75, 3.05) is 5.32 Å². The van der Waals surface area contributed by atoms with E-state index in [1.807, 2.05) is 35.7 Å². The number of thiophene rings is 1. The van der Waals surface area contributed by atoms with Gasteiger partial charge in [0.05, 0.1) is 17.2 Å². The fourth-order valence-electron chi connectivity index (χ4n) is 2.03. The van der Waals surface area contributed by atoms with Gasteiger partial charge in [0.25, 0.3) is 0 Å². The van der Waals surface area contributed by atoms with Crippen molar-refractivity contribution < 1.29 is 4.74 Å². The first kappa shape index (κ1) is 14.8. The molecule has 2 aromatic heterocycles. The molecule has 0 radical (unpaired) electrons. The maximum atomic E-state index is 6.07. The Morgan fingerprint density at radius 1 is 1.09 bits per heavy atom. The highest BCUT2D eigenvalue weighted by molar-refractivity contribution is 7.16. The van der Waals surface area contributed by atoms with Crippen LogP contribution in [0.3, 0.4) is 0 Å². The van der Waals surface area contributed by atoms with Gasteiger partial charge < -0.3 is 10.1 Å². The minimum atomic E-state index is 0.148. The third-order valence-electron chi connectivity index (χ3n) is 3.65. The van der Waals surface area contributed by atoms with E-state index in [9.17, 15) is 0 Å². The number of nitrogens with zero attached hydrogens (tertiary/aromatic N) is 2. The molecular weight excluding hydrogens is 294 g/mol. The number of hydrogen-bond donors (Lipinski definition) is 1. The fourth-order valence-corrected chi connectivity index (χ4v) is 2.76. The van der Waals surface area contributed by atoms with Crippen molar-refractivity contribution in [1.82, 2.24) is 9.97 Å². The monoisotopic (exact) mass is 313 g/mol. The van der Waals surface area contributed by atoms with Gasteiger partial charge in [-0.15, -0.1) is 11.3 Å². The third kappa shape index (κ3) is 3.04. The first-order valence-electron chi connectivity index (χ1n) is 7.36. The Labute approximate surface area is 134 Å². The van der Waals surface area contributed by atoms with Crippen molar-refractivity contribution in [1.29, 1.82) is 0 Å². The molecule has 0 aliphatic rings. The molecule has 0 aliphatic heterocycles. The number of fused-ring (bicyclic) bond motifs is 1. The quantitative estimate of drug-likeness (QED) is 0.731. The van der Waals surface area contributed by atoms with E-state index in [-0.39, 0.29) is 6.10 Å². The molecule has 0 aliphatic carbocycles. The average molecular weight is 313 g/mol. The zero-order chi connectivity index (χ0) is 15.5. The number of aromatic nitrogens is 2. The molecule has 5 heteroatoms. The van der Waals surface area contributed by atoms with Gasteiger partial charge in [-0.2, -0.15) is 0 Å². The predicted molar refractivity (Wildman–Crippen MR) is 92.1 cm³/mol. The average Bonchev–Trinajstić information content (AvgIpc) is 2.98. The highest BCUT2D eigenvalue weighted by atomic mass is 32.1. The summed E-state index contributed by atoms with van der Waals surface area (Å²) in [7, 11) is 0. The molecule has 0 bridgehead atoms. The summed E-state index contributed by atoms with van der Waals surface area (Å²) in [5.41, 5.74) is 0.918. The Hall–Kier alpha value is -2.14. The van der Waals surface area contributed by atoms with Crippen molar-refractivity contribution in [3.8, 4) is 5.75 Å². The van der Waals surface area contributed by atoms with E-state index in [0.29, 0.717) is 5.92 Å². The van der Waals surface area contributed by atoms with Crippen molar-refractivity contribution in [2.24, 2.45) is 5.92 Å². The van der Waals surface area contributed by atoms with Crippen LogP contribution in [0.25, 0.3) is 10.2 Å². The Morgan fingerprint density at radius 3 is 2.73 bits per heavy atom. The summed E-state index contributed by atoms with van der Waals surface area (Å²) in [5, 5.41) is 6.43. The van der Waals surface area contributed by atoms with Gasteiger partial charge in [0.2, 0.25) is 0 Å². The molecule has 3 rings (SSSR count). The second-order valence-corrected chi connectivity index (χ2v) is 6.44. The number of anilines is 2. The lowest BCUT2D eigenvalue weighted by Crippen LogP contribution is -2.19. The largest absolute Gasteiger partial charge is 0.488 e. The predicted octanol–water partition coefficient (Wildman–Crippen LogP) is 4.86. The van der Waals surface area contributed by atoms with Gasteiger partial charge in [0.1, 0.15) is 22.7 Å². The molecule has 0 spiro atoms. The summed E-state index contributed by atoms with van der Waals surface area (Å²) in [6, 6.07) is 9.98. The molecule has 0 amide bonds. The van der Waals surface area contributed by atoms with E-state index in [2.05, 4.69) is 36.1 Å². The third-order valence-corrected chi connectivity index (χ3v) is 4.47. The van der Waals surface area contributed by atoms with Gasteiger partial charge in [-0.25, -0.2) is 9.97 Å². The smallest absolute Gasteiger partial charge is 0.143 e. The molecule has 4 nitrogen and oxygen atoms in total. The summed E-state index contributed by atoms with van der Waals surface area (Å²) >= 11 is 1.61. The van der Waals surface area contributed by atoms with Crippen LogP contribution in [0, 0.1) is 5.92 Å². The van der Waals surface area contributed by atoms with Crippen LogP contribution in [0.5, 0.6) is 5.75 Å². The fraction of sp³-hybridized carbons (Fsp3) is 0.294. The number of benzene rings is 1. The number of hydrogen-bond acceptors (Lipinski definition) is 5. The van der Waals surface area contributed by atoms with Crippen molar-refractivity contribution in [3.05, 3.63) is 42.0 Å². The second-order valence-electron chi connectivity index (χ2n) is 5.55. The molecule has 0 fully saturated rings. The lowest BCUT2D eigenvalue weighted by atomic mass is 10.1. The van der Waals surface area contributed by atoms with E-state index >= 15 is 0 Å². The summed E-state index contributed by atoms with van der Waals surface area (Å²) in [6.07, 6.45) is 1.73. The van der Waals surface area contributed by atoms with E-state index in [1.54, 1.807) is 17.7 Å². The van der Waals surface area contributed by atoms with Crippen molar-refractivity contribution >= 4 is 33.1 Å². The molecule has 114 valence electrons. The van der Waals surface area contributed by atoms with Gasteiger partial charge in [0.15, 0.2) is 0 Å². The van der Waals surface area contributed by atoms with E-state index in [0.717, 1.165) is 27.5 Å². The number of nitrogens with one attached hydrogen (secondary N) is 1. The van der Waals surface area contributed by atoms with E-state index in [1.165, 1.54) is 0 Å². The zero-order valence-corrected chi connectivity index (χ0v) is 13.7. The van der Waals surface area contributed by atoms with Crippen LogP contribution < -0.4 is 10.1 Å². The normalized spacial score (nSPS) is 12.5. The van der Waals surface area contributed by atoms with Gasteiger partial charge in [0, 0.05) is 0 Å². The Bertz CT molecular complexity index is 769. The summed E-state index contributed by atoms with van der Waals surface area (Å²) in [6.45, 7) is 6.39. The van der Waals surface area contributed by atoms with Crippen LogP contribution in [0.15, 0.2) is 42.0 Å². The van der Waals surface area contributed by atoms with Crippen LogP contribution in [0.4, 0.5) is 11.5 Å². The van der Waals surface area contributed by atoms with Gasteiger partial charge in [-0.05, 0) is 36.4 Å². The first-order valence-corrected chi connectivity index (χ1v) is 8.24. The maximum Gasteiger partial charge on any atom is 0.143 e. The molecule has 1 N–H and O–H groups in total. The van der Waals surface area contributed by atoms with E-state index < -0.39 is 0 Å². The molecule has 2 heterocycles. The molecule has 0 saturated carbocycles. The highest BCUT2D eigenvalue weighted by Gasteiger charge is 2.13. The Balaban J connectivity index is 1.91. The molecule has 1 atom stereocenters. The second kappa shape index (κ2) is 6.32. The minimum Gasteiger partial charge on any atom is -0.488 e. The number of ether oxygens (including phenoxy) is 1. The van der Waals surface area contributed by atoms with Crippen LogP contribution >= 0.6 is 11.3 Å². The van der Waals surface area contributed by atoms with Gasteiger partial charge in [-0.3, -0.25) is 0 Å². The minimum absolute atomic E-state index is 0.148. The van der Waals surface area contributed by atoms with Crippen LogP contribution in [0.1, 0.15) is 20.8 Å². The topological polar surface area (TPSA) is 47.0 Å². The van der Waals surface area contributed by atoms with Gasteiger partial charge >= 0.3 is 0 Å². The lowest BCUT2D eigenvalue weighted by molar-refractivity contribution is 0.171. The number of para-hydroxylation sites is 2. The molecule has 3 aromatic rings. The van der Waals surface area contributed by atoms with Crippen molar-refractivity contribution in [2.45, 2.75) is 26.9 Å². The van der Waals surface area contributed by atoms with Crippen LogP contribution in [-0.2, 0) is 0 Å². The van der Waals surface area contributed by atoms with Crippen LogP contribution in [-0.4, -0.2) is 16.1 Å². The molecule has 22 heavy (non-hydrogen) atoms. The first-order chi connectivity index (χ1) is 10.6. The Morgan fingerprint density at radius 2 is 1.91 bits per heavy atom. The highest BCUT2D eigenvalue weighted by Crippen LogP contribution is 2.32. The van der Waals surface area contributed by atoms with Crippen LogP contribution in [0.2, 0.25) is 0 Å². The summed E-state index contributed by atoms with van der Waals surface area (Å²) < 4.78 is 6.07. The zero-order valence-electron chi connectivity index (χ0n) is 12.9.